The quantitative estimate of drug-likeness (QED) is 0.536. The second-order valence-electron chi connectivity index (χ2n) is 3.13. The zero-order valence-corrected chi connectivity index (χ0v) is 7.49. The van der Waals surface area contributed by atoms with Gasteiger partial charge in [-0.15, -0.1) is 0 Å². The summed E-state index contributed by atoms with van der Waals surface area (Å²) in [5.74, 6) is -0.156. The van der Waals surface area contributed by atoms with E-state index < -0.39 is 0 Å². The fourth-order valence-electron chi connectivity index (χ4n) is 1.27. The van der Waals surface area contributed by atoms with Gasteiger partial charge in [-0.3, -0.25) is 9.59 Å². The molecule has 1 fully saturated rings. The lowest BCUT2D eigenvalue weighted by molar-refractivity contribution is -0.128. The number of hydrogen-bond acceptors (Lipinski definition) is 3. The lowest BCUT2D eigenvalue weighted by atomic mass is 10.2. The molecule has 5 heteroatoms. The van der Waals surface area contributed by atoms with Crippen molar-refractivity contribution in [3.63, 3.8) is 0 Å². The van der Waals surface area contributed by atoms with E-state index >= 15 is 0 Å². The zero-order valence-electron chi connectivity index (χ0n) is 7.49. The summed E-state index contributed by atoms with van der Waals surface area (Å²) in [5.41, 5.74) is 0.393. The minimum Gasteiger partial charge on any atom is -0.334 e. The van der Waals surface area contributed by atoms with E-state index in [0.29, 0.717) is 12.3 Å². The Morgan fingerprint density at radius 1 is 1.54 bits per heavy atom. The Kier molecular flexibility index (Phi) is 1.79. The van der Waals surface area contributed by atoms with E-state index in [4.69, 9.17) is 0 Å². The van der Waals surface area contributed by atoms with Crippen molar-refractivity contribution in [1.29, 1.82) is 0 Å². The topological polar surface area (TPSA) is 52.8 Å². The molecule has 0 atom stereocenters. The fourth-order valence-corrected chi connectivity index (χ4v) is 1.27. The van der Waals surface area contributed by atoms with E-state index in [1.54, 1.807) is 4.90 Å². The standard InChI is InChI=1S/C8H11N3O2/c1-2-11-7(12)5-6(9-11)8(13)10-3-4-10/h2-5H2,1H3. The van der Waals surface area contributed by atoms with Gasteiger partial charge in [0.2, 0.25) is 5.91 Å². The van der Waals surface area contributed by atoms with Gasteiger partial charge < -0.3 is 4.90 Å². The maximum Gasteiger partial charge on any atom is 0.270 e. The molecule has 0 aromatic rings. The highest BCUT2D eigenvalue weighted by molar-refractivity contribution is 6.43. The molecule has 2 amide bonds. The van der Waals surface area contributed by atoms with Crippen LogP contribution in [0.2, 0.25) is 0 Å². The average molecular weight is 181 g/mol. The van der Waals surface area contributed by atoms with Gasteiger partial charge in [-0.25, -0.2) is 5.01 Å². The Morgan fingerprint density at radius 2 is 2.23 bits per heavy atom. The summed E-state index contributed by atoms with van der Waals surface area (Å²) in [6.45, 7) is 3.98. The molecule has 0 aliphatic carbocycles. The first-order valence-electron chi connectivity index (χ1n) is 4.39. The normalized spacial score (nSPS) is 20.7. The largest absolute Gasteiger partial charge is 0.334 e. The highest BCUT2D eigenvalue weighted by atomic mass is 16.2. The molecule has 0 unspecified atom stereocenters. The first-order valence-corrected chi connectivity index (χ1v) is 4.39. The van der Waals surface area contributed by atoms with Gasteiger partial charge in [0.1, 0.15) is 5.71 Å². The molecule has 0 bridgehead atoms. The highest BCUT2D eigenvalue weighted by Crippen LogP contribution is 2.13. The molecular formula is C8H11N3O2. The summed E-state index contributed by atoms with van der Waals surface area (Å²) in [6.07, 6.45) is 0.170. The number of nitrogens with zero attached hydrogens (tertiary/aromatic N) is 3. The third-order valence-electron chi connectivity index (χ3n) is 2.13. The summed E-state index contributed by atoms with van der Waals surface area (Å²) in [4.78, 5) is 24.3. The number of carbonyl (C=O) groups excluding carboxylic acids is 2. The van der Waals surface area contributed by atoms with Gasteiger partial charge in [0, 0.05) is 19.6 Å². The van der Waals surface area contributed by atoms with E-state index in [9.17, 15) is 9.59 Å². The molecule has 0 aromatic heterocycles. The molecule has 13 heavy (non-hydrogen) atoms. The van der Waals surface area contributed by atoms with E-state index in [2.05, 4.69) is 5.10 Å². The van der Waals surface area contributed by atoms with Crippen LogP contribution >= 0.6 is 0 Å². The van der Waals surface area contributed by atoms with Crippen LogP contribution in [0.4, 0.5) is 0 Å². The molecule has 2 aliphatic heterocycles. The number of rotatable bonds is 2. The van der Waals surface area contributed by atoms with Crippen LogP contribution in [-0.2, 0) is 9.59 Å². The third kappa shape index (κ3) is 1.41. The van der Waals surface area contributed by atoms with Crippen molar-refractivity contribution in [2.24, 2.45) is 5.10 Å². The molecule has 0 spiro atoms. The molecule has 0 saturated carbocycles. The van der Waals surface area contributed by atoms with Crippen LogP contribution in [0.15, 0.2) is 5.10 Å². The first kappa shape index (κ1) is 8.22. The lowest BCUT2D eigenvalue weighted by Crippen LogP contribution is -2.21. The molecule has 2 heterocycles. The molecule has 5 nitrogen and oxygen atoms in total. The Bertz CT molecular complexity index is 294. The minimum absolute atomic E-state index is 0.0762. The Hall–Kier alpha value is -1.39. The molecule has 0 radical (unpaired) electrons. The second kappa shape index (κ2) is 2.83. The predicted octanol–water partition coefficient (Wildman–Crippen LogP) is -0.563. The van der Waals surface area contributed by atoms with Crippen LogP contribution in [0.25, 0.3) is 0 Å². The van der Waals surface area contributed by atoms with Gasteiger partial charge in [-0.1, -0.05) is 0 Å². The summed E-state index contributed by atoms with van der Waals surface area (Å²) in [7, 11) is 0. The Balaban J connectivity index is 2.08. The molecule has 2 aliphatic rings. The number of hydrogen-bond donors (Lipinski definition) is 0. The van der Waals surface area contributed by atoms with Crippen molar-refractivity contribution >= 4 is 17.5 Å². The summed E-state index contributed by atoms with van der Waals surface area (Å²) in [5, 5.41) is 5.30. The molecule has 0 aromatic carbocycles. The van der Waals surface area contributed by atoms with Crippen LogP contribution in [-0.4, -0.2) is 47.1 Å². The smallest absolute Gasteiger partial charge is 0.270 e. The summed E-state index contributed by atoms with van der Waals surface area (Å²) in [6, 6.07) is 0. The molecule has 1 saturated heterocycles. The maximum absolute atomic E-state index is 11.4. The number of carbonyl (C=O) groups is 2. The van der Waals surface area contributed by atoms with Crippen molar-refractivity contribution in [1.82, 2.24) is 9.91 Å². The lowest BCUT2D eigenvalue weighted by Gasteiger charge is -2.05. The van der Waals surface area contributed by atoms with Gasteiger partial charge in [0.25, 0.3) is 5.91 Å². The average Bonchev–Trinajstić information content (AvgIpc) is 2.89. The van der Waals surface area contributed by atoms with Gasteiger partial charge >= 0.3 is 0 Å². The van der Waals surface area contributed by atoms with Crippen LogP contribution in [0.5, 0.6) is 0 Å². The van der Waals surface area contributed by atoms with Crippen LogP contribution in [0.1, 0.15) is 13.3 Å². The minimum atomic E-state index is -0.0794. The third-order valence-corrected chi connectivity index (χ3v) is 2.13. The Morgan fingerprint density at radius 3 is 2.69 bits per heavy atom. The first-order chi connectivity index (χ1) is 6.22. The number of hydrazone groups is 1. The monoisotopic (exact) mass is 181 g/mol. The van der Waals surface area contributed by atoms with Crippen molar-refractivity contribution in [2.45, 2.75) is 13.3 Å². The fraction of sp³-hybridized carbons (Fsp3) is 0.625. The van der Waals surface area contributed by atoms with E-state index in [0.717, 1.165) is 13.1 Å². The van der Waals surface area contributed by atoms with Crippen molar-refractivity contribution in [3.05, 3.63) is 0 Å². The van der Waals surface area contributed by atoms with Crippen LogP contribution in [0.3, 0.4) is 0 Å². The predicted molar refractivity (Wildman–Crippen MR) is 46.0 cm³/mol. The van der Waals surface area contributed by atoms with Gasteiger partial charge in [0.05, 0.1) is 6.42 Å². The summed E-state index contributed by atoms with van der Waals surface area (Å²) < 4.78 is 0. The van der Waals surface area contributed by atoms with E-state index in [-0.39, 0.29) is 18.2 Å². The van der Waals surface area contributed by atoms with Crippen molar-refractivity contribution in [3.8, 4) is 0 Å². The zero-order chi connectivity index (χ0) is 9.42. The highest BCUT2D eigenvalue weighted by Gasteiger charge is 2.34. The number of amides is 2. The SMILES string of the molecule is CCN1N=C(C(=O)N2CC2)CC1=O. The summed E-state index contributed by atoms with van der Waals surface area (Å²) >= 11 is 0. The van der Waals surface area contributed by atoms with E-state index in [1.165, 1.54) is 5.01 Å². The van der Waals surface area contributed by atoms with Gasteiger partial charge in [-0.2, -0.15) is 5.10 Å². The maximum atomic E-state index is 11.4. The molecule has 2 rings (SSSR count). The molecule has 0 N–H and O–H groups in total. The van der Waals surface area contributed by atoms with Crippen LogP contribution < -0.4 is 0 Å². The molecular weight excluding hydrogens is 170 g/mol. The van der Waals surface area contributed by atoms with Crippen molar-refractivity contribution < 1.29 is 9.59 Å². The van der Waals surface area contributed by atoms with Crippen molar-refractivity contribution in [2.75, 3.05) is 19.6 Å². The van der Waals surface area contributed by atoms with E-state index in [1.807, 2.05) is 6.92 Å². The Labute approximate surface area is 76.0 Å². The molecule has 70 valence electrons. The van der Waals surface area contributed by atoms with Gasteiger partial charge in [-0.05, 0) is 6.92 Å². The van der Waals surface area contributed by atoms with Crippen LogP contribution in [0, 0.1) is 0 Å². The second-order valence-corrected chi connectivity index (χ2v) is 3.13. The van der Waals surface area contributed by atoms with Gasteiger partial charge in [0.15, 0.2) is 0 Å².